The quantitative estimate of drug-likeness (QED) is 0.454. The van der Waals surface area contributed by atoms with Crippen LogP contribution >= 0.6 is 24.0 Å². The number of guanidine groups is 1. The Balaban J connectivity index is 0.00000192. The summed E-state index contributed by atoms with van der Waals surface area (Å²) in [5.41, 5.74) is 6.15. The van der Waals surface area contributed by atoms with Gasteiger partial charge in [0.25, 0.3) is 0 Å². The zero-order valence-corrected chi connectivity index (χ0v) is 16.1. The van der Waals surface area contributed by atoms with Crippen LogP contribution in [0, 0.1) is 5.41 Å². The van der Waals surface area contributed by atoms with Gasteiger partial charge in [0.15, 0.2) is 5.96 Å². The Hall–Kier alpha value is -1.02. The van der Waals surface area contributed by atoms with E-state index < -0.39 is 0 Å². The Morgan fingerprint density at radius 2 is 1.91 bits per heavy atom. The number of benzene rings is 1. The lowest BCUT2D eigenvalue weighted by molar-refractivity contribution is -0.0396. The average Bonchev–Trinajstić information content (AvgIpc) is 2.55. The first-order valence-electron chi connectivity index (χ1n) is 7.95. The molecular formula is C17H26IN3O2. The number of halogens is 1. The van der Waals surface area contributed by atoms with Crippen molar-refractivity contribution in [1.29, 1.82) is 0 Å². The molecule has 2 aliphatic rings. The number of ether oxygens (including phenoxy) is 2. The molecule has 1 aliphatic heterocycles. The van der Waals surface area contributed by atoms with Crippen molar-refractivity contribution < 1.29 is 9.47 Å². The molecule has 0 bridgehead atoms. The molecule has 1 aliphatic carbocycles. The first-order valence-corrected chi connectivity index (χ1v) is 7.95. The number of nitrogens with zero attached hydrogens (tertiary/aromatic N) is 2. The number of rotatable bonds is 3. The zero-order chi connectivity index (χ0) is 15.6. The molecule has 0 amide bonds. The second-order valence-electron chi connectivity index (χ2n) is 6.58. The Labute approximate surface area is 155 Å². The van der Waals surface area contributed by atoms with Crippen molar-refractivity contribution in [2.24, 2.45) is 16.1 Å². The van der Waals surface area contributed by atoms with Gasteiger partial charge in [0.05, 0.1) is 19.3 Å². The van der Waals surface area contributed by atoms with Crippen LogP contribution in [0.25, 0.3) is 0 Å². The van der Waals surface area contributed by atoms with Crippen molar-refractivity contribution in [3.05, 3.63) is 30.3 Å². The van der Waals surface area contributed by atoms with Gasteiger partial charge in [-0.25, -0.2) is 4.99 Å². The third-order valence-corrected chi connectivity index (χ3v) is 4.77. The molecule has 128 valence electrons. The molecule has 3 rings (SSSR count). The van der Waals surface area contributed by atoms with Crippen LogP contribution in [0.2, 0.25) is 0 Å². The van der Waals surface area contributed by atoms with E-state index in [0.29, 0.717) is 5.96 Å². The van der Waals surface area contributed by atoms with E-state index in [1.807, 2.05) is 30.3 Å². The van der Waals surface area contributed by atoms with Gasteiger partial charge >= 0.3 is 0 Å². The molecule has 2 atom stereocenters. The van der Waals surface area contributed by atoms with E-state index in [1.54, 1.807) is 0 Å². The van der Waals surface area contributed by atoms with E-state index >= 15 is 0 Å². The van der Waals surface area contributed by atoms with Crippen LogP contribution in [-0.4, -0.2) is 49.3 Å². The molecule has 23 heavy (non-hydrogen) atoms. The maximum absolute atomic E-state index is 6.16. The fourth-order valence-electron chi connectivity index (χ4n) is 2.98. The molecular weight excluding hydrogens is 405 g/mol. The van der Waals surface area contributed by atoms with Crippen molar-refractivity contribution >= 4 is 29.9 Å². The Morgan fingerprint density at radius 3 is 2.52 bits per heavy atom. The van der Waals surface area contributed by atoms with E-state index in [-0.39, 0.29) is 41.5 Å². The number of para-hydroxylation sites is 1. The molecule has 2 fully saturated rings. The summed E-state index contributed by atoms with van der Waals surface area (Å²) in [5.74, 6) is 1.56. The predicted octanol–water partition coefficient (Wildman–Crippen LogP) is 2.50. The number of aliphatic imine (C=N–C) groups is 1. The van der Waals surface area contributed by atoms with Crippen LogP contribution in [-0.2, 0) is 4.74 Å². The Bertz CT molecular complexity index is 530. The standard InChI is InChI=1S/C17H25N3O2.HI/c1-17(2)14(19-16(18)20-8-10-21-11-9-20)12-15(17)22-13-6-4-3-5-7-13;/h3-7,14-15H,8-12H2,1-2H3,(H2,18,19);1H/t14-,15+;/m0./s1. The second kappa shape index (κ2) is 7.70. The highest BCUT2D eigenvalue weighted by molar-refractivity contribution is 14.0. The normalized spacial score (nSPS) is 26.9. The summed E-state index contributed by atoms with van der Waals surface area (Å²) in [6, 6.07) is 10.2. The molecule has 2 N–H and O–H groups in total. The van der Waals surface area contributed by atoms with E-state index in [2.05, 4.69) is 18.7 Å². The lowest BCUT2D eigenvalue weighted by atomic mass is 9.64. The van der Waals surface area contributed by atoms with Gasteiger partial charge in [0.2, 0.25) is 0 Å². The van der Waals surface area contributed by atoms with E-state index in [1.165, 1.54) is 0 Å². The minimum Gasteiger partial charge on any atom is -0.490 e. The molecule has 0 aromatic heterocycles. The first kappa shape index (κ1) is 18.3. The highest BCUT2D eigenvalue weighted by Gasteiger charge is 2.50. The minimum absolute atomic E-state index is 0. The second-order valence-corrected chi connectivity index (χ2v) is 6.58. The smallest absolute Gasteiger partial charge is 0.191 e. The van der Waals surface area contributed by atoms with Crippen molar-refractivity contribution in [1.82, 2.24) is 4.90 Å². The Morgan fingerprint density at radius 1 is 1.26 bits per heavy atom. The lowest BCUT2D eigenvalue weighted by Gasteiger charge is -2.49. The van der Waals surface area contributed by atoms with Gasteiger partial charge in [-0.05, 0) is 12.1 Å². The number of nitrogens with two attached hydrogens (primary N) is 1. The maximum Gasteiger partial charge on any atom is 0.191 e. The molecule has 1 aromatic carbocycles. The summed E-state index contributed by atoms with van der Waals surface area (Å²) in [6.45, 7) is 7.50. The van der Waals surface area contributed by atoms with Gasteiger partial charge in [-0.2, -0.15) is 0 Å². The Kier molecular flexibility index (Phi) is 6.13. The van der Waals surface area contributed by atoms with Gasteiger partial charge in [-0.3, -0.25) is 0 Å². The highest BCUT2D eigenvalue weighted by Crippen LogP contribution is 2.45. The van der Waals surface area contributed by atoms with E-state index in [0.717, 1.165) is 38.5 Å². The molecule has 1 heterocycles. The van der Waals surface area contributed by atoms with Gasteiger partial charge < -0.3 is 20.1 Å². The van der Waals surface area contributed by atoms with Crippen LogP contribution in [0.15, 0.2) is 35.3 Å². The molecule has 0 unspecified atom stereocenters. The molecule has 1 aromatic rings. The zero-order valence-electron chi connectivity index (χ0n) is 13.8. The van der Waals surface area contributed by atoms with Gasteiger partial charge in [-0.1, -0.05) is 32.0 Å². The monoisotopic (exact) mass is 431 g/mol. The topological polar surface area (TPSA) is 60.1 Å². The van der Waals surface area contributed by atoms with Crippen LogP contribution in [0.4, 0.5) is 0 Å². The van der Waals surface area contributed by atoms with Gasteiger partial charge in [0, 0.05) is 24.9 Å². The average molecular weight is 431 g/mol. The third kappa shape index (κ3) is 4.09. The summed E-state index contributed by atoms with van der Waals surface area (Å²) >= 11 is 0. The summed E-state index contributed by atoms with van der Waals surface area (Å²) < 4.78 is 11.4. The van der Waals surface area contributed by atoms with Crippen LogP contribution in [0.5, 0.6) is 5.75 Å². The molecule has 0 radical (unpaired) electrons. The minimum atomic E-state index is -0.00719. The van der Waals surface area contributed by atoms with Crippen LogP contribution in [0.1, 0.15) is 20.3 Å². The molecule has 0 spiro atoms. The highest BCUT2D eigenvalue weighted by atomic mass is 127. The fourth-order valence-corrected chi connectivity index (χ4v) is 2.98. The molecule has 5 nitrogen and oxygen atoms in total. The van der Waals surface area contributed by atoms with Crippen molar-refractivity contribution in [3.63, 3.8) is 0 Å². The summed E-state index contributed by atoms with van der Waals surface area (Å²) in [4.78, 5) is 6.84. The molecule has 1 saturated carbocycles. The maximum atomic E-state index is 6.16. The number of hydrogen-bond acceptors (Lipinski definition) is 3. The van der Waals surface area contributed by atoms with E-state index in [4.69, 9.17) is 20.2 Å². The van der Waals surface area contributed by atoms with Gasteiger partial charge in [-0.15, -0.1) is 24.0 Å². The van der Waals surface area contributed by atoms with Crippen molar-refractivity contribution in [2.75, 3.05) is 26.3 Å². The molecule has 1 saturated heterocycles. The third-order valence-electron chi connectivity index (χ3n) is 4.77. The summed E-state index contributed by atoms with van der Waals surface area (Å²) in [7, 11) is 0. The number of morpholine rings is 1. The first-order chi connectivity index (χ1) is 10.6. The fraction of sp³-hybridized carbons (Fsp3) is 0.588. The summed E-state index contributed by atoms with van der Waals surface area (Å²) in [6.07, 6.45) is 1.09. The SMILES string of the molecule is CC1(C)[C@@H](N=C(N)N2CCOCC2)C[C@H]1Oc1ccccc1.I. The van der Waals surface area contributed by atoms with Crippen molar-refractivity contribution in [2.45, 2.75) is 32.4 Å². The van der Waals surface area contributed by atoms with Crippen LogP contribution in [0.3, 0.4) is 0 Å². The van der Waals surface area contributed by atoms with E-state index in [9.17, 15) is 0 Å². The molecule has 6 heteroatoms. The summed E-state index contributed by atoms with van der Waals surface area (Å²) in [5, 5.41) is 0. The van der Waals surface area contributed by atoms with Crippen LogP contribution < -0.4 is 10.5 Å². The lowest BCUT2D eigenvalue weighted by Crippen LogP contribution is -2.56. The number of hydrogen-bond donors (Lipinski definition) is 1. The van der Waals surface area contributed by atoms with Gasteiger partial charge in [0.1, 0.15) is 11.9 Å². The van der Waals surface area contributed by atoms with Crippen molar-refractivity contribution in [3.8, 4) is 5.75 Å². The predicted molar refractivity (Wildman–Crippen MR) is 102 cm³/mol. The largest absolute Gasteiger partial charge is 0.490 e.